The summed E-state index contributed by atoms with van der Waals surface area (Å²) in [7, 11) is 0. The van der Waals surface area contributed by atoms with Crippen LogP contribution in [0.2, 0.25) is 0 Å². The second kappa shape index (κ2) is 5.85. The second-order valence-electron chi connectivity index (χ2n) is 3.26. The Morgan fingerprint density at radius 2 is 2.29 bits per heavy atom. The van der Waals surface area contributed by atoms with Crippen LogP contribution in [0, 0.1) is 6.92 Å². The minimum Gasteiger partial charge on any atom is -0.395 e. The van der Waals surface area contributed by atoms with Crippen molar-refractivity contribution >= 4 is 27.3 Å². The summed E-state index contributed by atoms with van der Waals surface area (Å²) in [6, 6.07) is 2.20. The largest absolute Gasteiger partial charge is 0.395 e. The van der Waals surface area contributed by atoms with Gasteiger partial charge < -0.3 is 5.11 Å². The molecule has 0 saturated heterocycles. The molecular weight excluding hydrogens is 262 g/mol. The second-order valence-corrected chi connectivity index (χ2v) is 5.72. The van der Waals surface area contributed by atoms with Crippen LogP contribution in [0.5, 0.6) is 0 Å². The highest BCUT2D eigenvalue weighted by atomic mass is 79.9. The molecule has 1 aromatic heterocycles. The Kier molecular flexibility index (Phi) is 5.09. The van der Waals surface area contributed by atoms with Crippen molar-refractivity contribution in [3.63, 3.8) is 0 Å². The Morgan fingerprint density at radius 1 is 1.57 bits per heavy atom. The normalized spacial score (nSPS) is 11.2. The lowest BCUT2D eigenvalue weighted by Gasteiger charge is -2.17. The average molecular weight is 278 g/mol. The number of thiophene rings is 1. The zero-order chi connectivity index (χ0) is 10.6. The number of likely N-dealkylation sites (N-methyl/N-ethyl adjacent to an activating group) is 1. The molecule has 0 bridgehead atoms. The van der Waals surface area contributed by atoms with Crippen LogP contribution in [0.25, 0.3) is 0 Å². The van der Waals surface area contributed by atoms with Gasteiger partial charge in [0.25, 0.3) is 0 Å². The van der Waals surface area contributed by atoms with Gasteiger partial charge in [0.2, 0.25) is 0 Å². The van der Waals surface area contributed by atoms with E-state index in [-0.39, 0.29) is 6.61 Å². The minimum atomic E-state index is 0.235. The number of aryl methyl sites for hydroxylation is 1. The van der Waals surface area contributed by atoms with Crippen molar-refractivity contribution in [3.05, 3.63) is 20.3 Å². The lowest BCUT2D eigenvalue weighted by atomic mass is 10.3. The Bertz CT molecular complexity index is 268. The highest BCUT2D eigenvalue weighted by Gasteiger charge is 2.07. The highest BCUT2D eigenvalue weighted by Crippen LogP contribution is 2.28. The maximum absolute atomic E-state index is 8.86. The number of hydrogen-bond donors (Lipinski definition) is 1. The van der Waals surface area contributed by atoms with Gasteiger partial charge in [0, 0.05) is 18.0 Å². The van der Waals surface area contributed by atoms with Gasteiger partial charge in [0.1, 0.15) is 0 Å². The molecule has 0 atom stereocenters. The molecule has 80 valence electrons. The highest BCUT2D eigenvalue weighted by molar-refractivity contribution is 9.11. The first-order chi connectivity index (χ1) is 6.67. The zero-order valence-corrected chi connectivity index (χ0v) is 11.0. The van der Waals surface area contributed by atoms with Gasteiger partial charge in [-0.05, 0) is 41.0 Å². The first-order valence-electron chi connectivity index (χ1n) is 4.75. The molecule has 0 saturated carbocycles. The van der Waals surface area contributed by atoms with Crippen LogP contribution in [0.3, 0.4) is 0 Å². The molecular formula is C10H16BrNOS. The smallest absolute Gasteiger partial charge is 0.0730 e. The maximum Gasteiger partial charge on any atom is 0.0730 e. The third-order valence-corrected chi connectivity index (χ3v) is 4.27. The predicted octanol–water partition coefficient (Wildman–Crippen LogP) is 2.63. The third-order valence-electron chi connectivity index (χ3n) is 2.15. The van der Waals surface area contributed by atoms with Crippen LogP contribution in [0.4, 0.5) is 0 Å². The van der Waals surface area contributed by atoms with E-state index in [1.165, 1.54) is 14.2 Å². The number of hydrogen-bond acceptors (Lipinski definition) is 3. The van der Waals surface area contributed by atoms with E-state index in [0.717, 1.165) is 19.6 Å². The van der Waals surface area contributed by atoms with E-state index in [0.29, 0.717) is 0 Å². The standard InChI is InChI=1S/C10H16BrNOS/c1-3-12(4-5-13)7-9-6-8(2)10(11)14-9/h6,13H,3-5,7H2,1-2H3. The van der Waals surface area contributed by atoms with Crippen molar-refractivity contribution < 1.29 is 5.11 Å². The van der Waals surface area contributed by atoms with Crippen LogP contribution in [0.1, 0.15) is 17.4 Å². The molecule has 1 aromatic rings. The summed E-state index contributed by atoms with van der Waals surface area (Å²) >= 11 is 5.29. The number of nitrogens with zero attached hydrogens (tertiary/aromatic N) is 1. The monoisotopic (exact) mass is 277 g/mol. The molecule has 0 radical (unpaired) electrons. The molecule has 0 aromatic carbocycles. The topological polar surface area (TPSA) is 23.5 Å². The fourth-order valence-corrected chi connectivity index (χ4v) is 2.98. The lowest BCUT2D eigenvalue weighted by Crippen LogP contribution is -2.25. The van der Waals surface area contributed by atoms with Crippen molar-refractivity contribution in [3.8, 4) is 0 Å². The molecule has 2 nitrogen and oxygen atoms in total. The Morgan fingerprint density at radius 3 is 2.71 bits per heavy atom. The fraction of sp³-hybridized carbons (Fsp3) is 0.600. The summed E-state index contributed by atoms with van der Waals surface area (Å²) in [4.78, 5) is 3.59. The molecule has 4 heteroatoms. The van der Waals surface area contributed by atoms with Crippen molar-refractivity contribution in [2.75, 3.05) is 19.7 Å². The van der Waals surface area contributed by atoms with Gasteiger partial charge in [-0.3, -0.25) is 4.90 Å². The van der Waals surface area contributed by atoms with Crippen molar-refractivity contribution in [2.24, 2.45) is 0 Å². The average Bonchev–Trinajstić information content (AvgIpc) is 2.45. The molecule has 1 rings (SSSR count). The molecule has 0 unspecified atom stereocenters. The Balaban J connectivity index is 2.57. The molecule has 0 aliphatic carbocycles. The number of halogens is 1. The first-order valence-corrected chi connectivity index (χ1v) is 6.36. The molecule has 0 fully saturated rings. The van der Waals surface area contributed by atoms with Gasteiger partial charge in [-0.25, -0.2) is 0 Å². The minimum absolute atomic E-state index is 0.235. The van der Waals surface area contributed by atoms with E-state index in [4.69, 9.17) is 5.11 Å². The van der Waals surface area contributed by atoms with Gasteiger partial charge in [-0.15, -0.1) is 11.3 Å². The predicted molar refractivity (Wildman–Crippen MR) is 64.8 cm³/mol. The van der Waals surface area contributed by atoms with Crippen LogP contribution in [-0.4, -0.2) is 29.7 Å². The third kappa shape index (κ3) is 3.35. The van der Waals surface area contributed by atoms with Crippen molar-refractivity contribution in [1.82, 2.24) is 4.90 Å². The zero-order valence-electron chi connectivity index (χ0n) is 8.59. The molecule has 14 heavy (non-hydrogen) atoms. The number of aliphatic hydroxyl groups is 1. The first kappa shape index (κ1) is 12.2. The summed E-state index contributed by atoms with van der Waals surface area (Å²) in [5.74, 6) is 0. The maximum atomic E-state index is 8.86. The van der Waals surface area contributed by atoms with E-state index in [1.54, 1.807) is 11.3 Å². The number of rotatable bonds is 5. The number of aliphatic hydroxyl groups excluding tert-OH is 1. The molecule has 1 N–H and O–H groups in total. The summed E-state index contributed by atoms with van der Waals surface area (Å²) in [6.45, 7) is 7.13. The molecule has 1 heterocycles. The van der Waals surface area contributed by atoms with E-state index >= 15 is 0 Å². The Labute approximate surface area is 97.7 Å². The summed E-state index contributed by atoms with van der Waals surface area (Å²) in [5, 5.41) is 8.86. The van der Waals surface area contributed by atoms with Gasteiger partial charge in [0.15, 0.2) is 0 Å². The molecule has 0 spiro atoms. The van der Waals surface area contributed by atoms with E-state index in [1.807, 2.05) is 0 Å². The lowest BCUT2D eigenvalue weighted by molar-refractivity contribution is 0.198. The van der Waals surface area contributed by atoms with Crippen LogP contribution >= 0.6 is 27.3 Å². The molecule has 0 aliphatic rings. The quantitative estimate of drug-likeness (QED) is 0.895. The van der Waals surface area contributed by atoms with Crippen LogP contribution in [-0.2, 0) is 6.54 Å². The van der Waals surface area contributed by atoms with Crippen molar-refractivity contribution in [2.45, 2.75) is 20.4 Å². The van der Waals surface area contributed by atoms with Crippen LogP contribution < -0.4 is 0 Å². The van der Waals surface area contributed by atoms with Crippen LogP contribution in [0.15, 0.2) is 9.85 Å². The van der Waals surface area contributed by atoms with E-state index in [9.17, 15) is 0 Å². The molecule has 0 amide bonds. The van der Waals surface area contributed by atoms with Gasteiger partial charge >= 0.3 is 0 Å². The van der Waals surface area contributed by atoms with Gasteiger partial charge in [-0.2, -0.15) is 0 Å². The van der Waals surface area contributed by atoms with E-state index < -0.39 is 0 Å². The summed E-state index contributed by atoms with van der Waals surface area (Å²) < 4.78 is 1.22. The fourth-order valence-electron chi connectivity index (χ4n) is 1.31. The summed E-state index contributed by atoms with van der Waals surface area (Å²) in [6.07, 6.45) is 0. The van der Waals surface area contributed by atoms with Crippen molar-refractivity contribution in [1.29, 1.82) is 0 Å². The molecule has 0 aliphatic heterocycles. The van der Waals surface area contributed by atoms with Gasteiger partial charge in [-0.1, -0.05) is 6.92 Å². The van der Waals surface area contributed by atoms with Gasteiger partial charge in [0.05, 0.1) is 10.4 Å². The SMILES string of the molecule is CCN(CCO)Cc1cc(C)c(Br)s1. The Hall–Kier alpha value is 0.1000. The van der Waals surface area contributed by atoms with E-state index in [2.05, 4.69) is 40.7 Å². The summed E-state index contributed by atoms with van der Waals surface area (Å²) in [5.41, 5.74) is 1.30.